The third-order valence-corrected chi connectivity index (χ3v) is 3.71. The van der Waals surface area contributed by atoms with E-state index in [9.17, 15) is 31.2 Å². The molecule has 0 aliphatic heterocycles. The van der Waals surface area contributed by atoms with Crippen LogP contribution in [0.3, 0.4) is 0 Å². The number of rotatable bonds is 4. The van der Waals surface area contributed by atoms with Gasteiger partial charge in [-0.1, -0.05) is 0 Å². The lowest BCUT2D eigenvalue weighted by Crippen LogP contribution is -2.39. The monoisotopic (exact) mass is 302 g/mol. The maximum absolute atomic E-state index is 11.9. The zero-order valence-electron chi connectivity index (χ0n) is 10.2. The summed E-state index contributed by atoms with van der Waals surface area (Å²) in [6, 6.07) is 0. The number of hydrogen-bond acceptors (Lipinski definition) is 4. The molecule has 0 radical (unpaired) electrons. The Hall–Kier alpha value is -1.32. The van der Waals surface area contributed by atoms with Gasteiger partial charge in [-0.15, -0.1) is 0 Å². The molecule has 0 aromatic heterocycles. The van der Waals surface area contributed by atoms with Gasteiger partial charge in [0, 0.05) is 14.1 Å². The van der Waals surface area contributed by atoms with Crippen LogP contribution in [0.25, 0.3) is 0 Å². The van der Waals surface area contributed by atoms with Crippen LogP contribution >= 0.6 is 0 Å². The Labute approximate surface area is 108 Å². The quantitative estimate of drug-likeness (QED) is 0.774. The topological polar surface area (TPSA) is 83.6 Å². The first-order valence-corrected chi connectivity index (χ1v) is 6.90. The van der Waals surface area contributed by atoms with Crippen molar-refractivity contribution in [1.82, 2.24) is 9.62 Å². The van der Waals surface area contributed by atoms with Crippen LogP contribution in [-0.2, 0) is 19.6 Å². The molecular weight excluding hydrogens is 289 g/mol. The first-order chi connectivity index (χ1) is 8.43. The molecule has 0 bridgehead atoms. The van der Waals surface area contributed by atoms with Gasteiger partial charge in [-0.3, -0.25) is 14.3 Å². The van der Waals surface area contributed by atoms with Crippen LogP contribution < -0.4 is 4.72 Å². The van der Waals surface area contributed by atoms with E-state index < -0.39 is 39.7 Å². The average Bonchev–Trinajstić information content (AvgIpc) is 2.90. The summed E-state index contributed by atoms with van der Waals surface area (Å²) in [5.41, 5.74) is 0. The van der Waals surface area contributed by atoms with E-state index in [4.69, 9.17) is 0 Å². The van der Waals surface area contributed by atoms with Crippen molar-refractivity contribution in [3.63, 3.8) is 0 Å². The molecule has 19 heavy (non-hydrogen) atoms. The van der Waals surface area contributed by atoms with Crippen molar-refractivity contribution in [2.75, 3.05) is 19.8 Å². The summed E-state index contributed by atoms with van der Waals surface area (Å²) < 4.78 is 59.3. The van der Waals surface area contributed by atoms with Crippen LogP contribution in [0, 0.1) is 11.8 Å². The minimum Gasteiger partial charge on any atom is -0.349 e. The standard InChI is InChI=1S/C9H13F3N2O4S/c1-14(2)8(16)6-3-5(6)7(15)13-19(17,18)4-9(10,11)12/h5-6H,3-4H2,1-2H3,(H,13,15)/t5-,6+/m0/s1. The maximum atomic E-state index is 11.9. The zero-order chi connectivity index (χ0) is 15.0. The molecule has 1 aliphatic carbocycles. The maximum Gasteiger partial charge on any atom is 0.404 e. The molecular formula is C9H13F3N2O4S. The van der Waals surface area contributed by atoms with Crippen LogP contribution in [0.5, 0.6) is 0 Å². The molecule has 2 amide bonds. The SMILES string of the molecule is CN(C)C(=O)[C@@H]1C[C@@H]1C(=O)NS(=O)(=O)CC(F)(F)F. The Kier molecular flexibility index (Phi) is 4.13. The first-order valence-electron chi connectivity index (χ1n) is 5.25. The third kappa shape index (κ3) is 4.69. The molecule has 0 unspecified atom stereocenters. The van der Waals surface area contributed by atoms with Gasteiger partial charge in [0.1, 0.15) is 0 Å². The minimum atomic E-state index is -4.92. The minimum absolute atomic E-state index is 0.143. The summed E-state index contributed by atoms with van der Waals surface area (Å²) >= 11 is 0. The summed E-state index contributed by atoms with van der Waals surface area (Å²) in [6.45, 7) is 0. The van der Waals surface area contributed by atoms with Crippen molar-refractivity contribution in [2.24, 2.45) is 11.8 Å². The van der Waals surface area contributed by atoms with E-state index >= 15 is 0 Å². The summed E-state index contributed by atoms with van der Waals surface area (Å²) in [6.07, 6.45) is -4.78. The van der Waals surface area contributed by atoms with Crippen molar-refractivity contribution < 1.29 is 31.2 Å². The lowest BCUT2D eigenvalue weighted by Gasteiger charge is -2.10. The van der Waals surface area contributed by atoms with Crippen LogP contribution in [0.15, 0.2) is 0 Å². The number of nitrogens with one attached hydrogen (secondary N) is 1. The van der Waals surface area contributed by atoms with E-state index in [2.05, 4.69) is 0 Å². The highest BCUT2D eigenvalue weighted by atomic mass is 32.2. The Morgan fingerprint density at radius 1 is 1.26 bits per heavy atom. The second-order valence-corrected chi connectivity index (χ2v) is 6.24. The number of nitrogens with zero attached hydrogens (tertiary/aromatic N) is 1. The normalized spacial score (nSPS) is 22.8. The third-order valence-electron chi connectivity index (χ3n) is 2.49. The number of carbonyl (C=O) groups is 2. The van der Waals surface area contributed by atoms with E-state index in [1.807, 2.05) is 0 Å². The molecule has 0 spiro atoms. The molecule has 1 fully saturated rings. The molecule has 1 aliphatic rings. The zero-order valence-corrected chi connectivity index (χ0v) is 11.0. The highest BCUT2D eigenvalue weighted by Gasteiger charge is 2.50. The van der Waals surface area contributed by atoms with Gasteiger partial charge in [0.25, 0.3) is 0 Å². The molecule has 0 heterocycles. The lowest BCUT2D eigenvalue weighted by molar-refractivity contribution is -0.132. The lowest BCUT2D eigenvalue weighted by atomic mass is 10.3. The van der Waals surface area contributed by atoms with E-state index in [1.165, 1.54) is 23.7 Å². The Bertz CT molecular complexity index is 486. The predicted molar refractivity (Wildman–Crippen MR) is 58.3 cm³/mol. The average molecular weight is 302 g/mol. The number of halogens is 3. The molecule has 1 rings (SSSR count). The van der Waals surface area contributed by atoms with Crippen LogP contribution in [-0.4, -0.2) is 51.2 Å². The molecule has 10 heteroatoms. The van der Waals surface area contributed by atoms with Crippen LogP contribution in [0.4, 0.5) is 13.2 Å². The highest BCUT2D eigenvalue weighted by molar-refractivity contribution is 7.90. The second kappa shape index (κ2) is 4.99. The number of hydrogen-bond donors (Lipinski definition) is 1. The molecule has 110 valence electrons. The summed E-state index contributed by atoms with van der Waals surface area (Å²) in [4.78, 5) is 24.1. The summed E-state index contributed by atoms with van der Waals surface area (Å²) in [5, 5.41) is 0. The van der Waals surface area contributed by atoms with E-state index in [0.29, 0.717) is 0 Å². The predicted octanol–water partition coefficient (Wildman–Crippen LogP) is -0.281. The van der Waals surface area contributed by atoms with Gasteiger partial charge in [-0.2, -0.15) is 13.2 Å². The highest BCUT2D eigenvalue weighted by Crippen LogP contribution is 2.39. The fraction of sp³-hybridized carbons (Fsp3) is 0.778. The van der Waals surface area contributed by atoms with Gasteiger partial charge in [0.15, 0.2) is 5.75 Å². The van der Waals surface area contributed by atoms with Crippen LogP contribution in [0.2, 0.25) is 0 Å². The first kappa shape index (κ1) is 15.7. The van der Waals surface area contributed by atoms with Crippen molar-refractivity contribution in [2.45, 2.75) is 12.6 Å². The molecule has 6 nitrogen and oxygen atoms in total. The molecule has 0 aromatic carbocycles. The molecule has 2 atom stereocenters. The van der Waals surface area contributed by atoms with E-state index in [0.717, 1.165) is 0 Å². The fourth-order valence-electron chi connectivity index (χ4n) is 1.57. The largest absolute Gasteiger partial charge is 0.404 e. The fourth-order valence-corrected chi connectivity index (χ4v) is 2.53. The van der Waals surface area contributed by atoms with Crippen molar-refractivity contribution in [3.8, 4) is 0 Å². The molecule has 0 saturated heterocycles. The van der Waals surface area contributed by atoms with E-state index in [-0.39, 0.29) is 12.3 Å². The van der Waals surface area contributed by atoms with Crippen molar-refractivity contribution >= 4 is 21.8 Å². The number of carbonyl (C=O) groups excluding carboxylic acids is 2. The van der Waals surface area contributed by atoms with Gasteiger partial charge in [-0.25, -0.2) is 8.42 Å². The van der Waals surface area contributed by atoms with Gasteiger partial charge in [0.05, 0.1) is 11.8 Å². The van der Waals surface area contributed by atoms with Crippen molar-refractivity contribution in [1.29, 1.82) is 0 Å². The Morgan fingerprint density at radius 3 is 2.21 bits per heavy atom. The molecule has 0 aromatic rings. The Morgan fingerprint density at radius 2 is 1.79 bits per heavy atom. The van der Waals surface area contributed by atoms with E-state index in [1.54, 1.807) is 0 Å². The van der Waals surface area contributed by atoms with Gasteiger partial charge in [-0.05, 0) is 6.42 Å². The van der Waals surface area contributed by atoms with Gasteiger partial charge < -0.3 is 4.90 Å². The summed E-state index contributed by atoms with van der Waals surface area (Å²) in [7, 11) is -1.83. The van der Waals surface area contributed by atoms with Gasteiger partial charge >= 0.3 is 6.18 Å². The van der Waals surface area contributed by atoms with Gasteiger partial charge in [0.2, 0.25) is 21.8 Å². The smallest absolute Gasteiger partial charge is 0.349 e. The summed E-state index contributed by atoms with van der Waals surface area (Å²) in [5.74, 6) is -5.07. The molecule has 1 N–H and O–H groups in total. The number of alkyl halides is 3. The van der Waals surface area contributed by atoms with Crippen LogP contribution in [0.1, 0.15) is 6.42 Å². The number of sulfonamides is 1. The Balaban J connectivity index is 2.57. The second-order valence-electron chi connectivity index (χ2n) is 4.52. The number of amides is 2. The van der Waals surface area contributed by atoms with Crippen molar-refractivity contribution in [3.05, 3.63) is 0 Å². The molecule has 1 saturated carbocycles.